The van der Waals surface area contributed by atoms with E-state index in [2.05, 4.69) is 48.4 Å². The van der Waals surface area contributed by atoms with Crippen molar-refractivity contribution in [1.29, 1.82) is 0 Å². The molecule has 0 atom stereocenters. The molecule has 110 valence electrons. The molecule has 4 nitrogen and oxygen atoms in total. The largest absolute Gasteiger partial charge is 0.361 e. The van der Waals surface area contributed by atoms with E-state index < -0.39 is 0 Å². The van der Waals surface area contributed by atoms with Gasteiger partial charge in [0, 0.05) is 25.0 Å². The third-order valence-electron chi connectivity index (χ3n) is 3.91. The lowest BCUT2D eigenvalue weighted by Gasteiger charge is -2.09. The van der Waals surface area contributed by atoms with Crippen molar-refractivity contribution in [1.82, 2.24) is 9.55 Å². The lowest BCUT2D eigenvalue weighted by molar-refractivity contribution is 0.699. The third-order valence-corrected chi connectivity index (χ3v) is 3.91. The molecule has 2 aromatic rings. The minimum atomic E-state index is -0.0150. The van der Waals surface area contributed by atoms with Crippen LogP contribution in [-0.4, -0.2) is 9.55 Å². The number of benzene rings is 1. The van der Waals surface area contributed by atoms with Gasteiger partial charge in [-0.25, -0.2) is 4.98 Å². The summed E-state index contributed by atoms with van der Waals surface area (Å²) in [6.07, 6.45) is 5.67. The first-order chi connectivity index (χ1) is 10.1. The van der Waals surface area contributed by atoms with Gasteiger partial charge in [0.05, 0.1) is 0 Å². The van der Waals surface area contributed by atoms with Crippen LogP contribution in [0.3, 0.4) is 0 Å². The Labute approximate surface area is 124 Å². The number of nitrogens with zero attached hydrogens (tertiary/aromatic N) is 2. The van der Waals surface area contributed by atoms with Crippen molar-refractivity contribution in [3.05, 3.63) is 58.1 Å². The van der Waals surface area contributed by atoms with Crippen molar-refractivity contribution in [3.63, 3.8) is 0 Å². The summed E-state index contributed by atoms with van der Waals surface area (Å²) in [5, 5.41) is 3.16. The van der Waals surface area contributed by atoms with E-state index in [1.165, 1.54) is 5.56 Å². The highest BCUT2D eigenvalue weighted by atomic mass is 16.1. The SMILES string of the molecule is CC(C)c1ccc(CNc2nccn(C3CC3)c2=O)cc1. The quantitative estimate of drug-likeness (QED) is 0.915. The van der Waals surface area contributed by atoms with E-state index in [-0.39, 0.29) is 5.56 Å². The zero-order chi connectivity index (χ0) is 14.8. The second-order valence-corrected chi connectivity index (χ2v) is 5.97. The van der Waals surface area contributed by atoms with Gasteiger partial charge in [-0.2, -0.15) is 0 Å². The van der Waals surface area contributed by atoms with Gasteiger partial charge in [-0.1, -0.05) is 38.1 Å². The third kappa shape index (κ3) is 3.15. The predicted octanol–water partition coefficient (Wildman–Crippen LogP) is 3.31. The Morgan fingerprint density at radius 3 is 2.62 bits per heavy atom. The monoisotopic (exact) mass is 283 g/mol. The van der Waals surface area contributed by atoms with Crippen molar-refractivity contribution >= 4 is 5.82 Å². The molecule has 1 aromatic heterocycles. The molecule has 1 N–H and O–H groups in total. The van der Waals surface area contributed by atoms with Gasteiger partial charge < -0.3 is 9.88 Å². The highest BCUT2D eigenvalue weighted by molar-refractivity contribution is 5.34. The van der Waals surface area contributed by atoms with Crippen LogP contribution in [0.25, 0.3) is 0 Å². The Hall–Kier alpha value is -2.10. The summed E-state index contributed by atoms with van der Waals surface area (Å²) in [5.41, 5.74) is 2.47. The highest BCUT2D eigenvalue weighted by Gasteiger charge is 2.25. The Morgan fingerprint density at radius 1 is 1.29 bits per heavy atom. The molecule has 0 spiro atoms. The first-order valence-corrected chi connectivity index (χ1v) is 7.55. The normalized spacial score (nSPS) is 14.4. The molecule has 1 fully saturated rings. The lowest BCUT2D eigenvalue weighted by atomic mass is 10.0. The second-order valence-electron chi connectivity index (χ2n) is 5.97. The molecule has 21 heavy (non-hydrogen) atoms. The predicted molar refractivity (Wildman–Crippen MR) is 84.6 cm³/mol. The van der Waals surface area contributed by atoms with Crippen molar-refractivity contribution in [3.8, 4) is 0 Å². The van der Waals surface area contributed by atoms with Gasteiger partial charge in [0.15, 0.2) is 5.82 Å². The minimum absolute atomic E-state index is 0.0150. The Kier molecular flexibility index (Phi) is 3.78. The van der Waals surface area contributed by atoms with Crippen LogP contribution in [0.15, 0.2) is 41.5 Å². The van der Waals surface area contributed by atoms with E-state index in [0.29, 0.717) is 24.3 Å². The van der Waals surface area contributed by atoms with Gasteiger partial charge in [-0.15, -0.1) is 0 Å². The molecule has 0 amide bonds. The second kappa shape index (κ2) is 5.72. The van der Waals surface area contributed by atoms with Crippen LogP contribution in [0.1, 0.15) is 49.8 Å². The topological polar surface area (TPSA) is 46.9 Å². The zero-order valence-electron chi connectivity index (χ0n) is 12.5. The number of nitrogens with one attached hydrogen (secondary N) is 1. The van der Waals surface area contributed by atoms with Gasteiger partial charge in [0.25, 0.3) is 5.56 Å². The van der Waals surface area contributed by atoms with E-state index in [1.807, 2.05) is 0 Å². The van der Waals surface area contributed by atoms with E-state index in [4.69, 9.17) is 0 Å². The van der Waals surface area contributed by atoms with Crippen molar-refractivity contribution in [2.75, 3.05) is 5.32 Å². The van der Waals surface area contributed by atoms with Crippen LogP contribution in [0.4, 0.5) is 5.82 Å². The minimum Gasteiger partial charge on any atom is -0.361 e. The van der Waals surface area contributed by atoms with Crippen LogP contribution in [0, 0.1) is 0 Å². The van der Waals surface area contributed by atoms with Crippen LogP contribution in [0.5, 0.6) is 0 Å². The lowest BCUT2D eigenvalue weighted by Crippen LogP contribution is -2.23. The fourth-order valence-corrected chi connectivity index (χ4v) is 2.39. The molecule has 0 unspecified atom stereocenters. The van der Waals surface area contributed by atoms with Crippen LogP contribution in [-0.2, 0) is 6.54 Å². The van der Waals surface area contributed by atoms with E-state index in [0.717, 1.165) is 18.4 Å². The molecule has 0 saturated heterocycles. The first kappa shape index (κ1) is 13.9. The van der Waals surface area contributed by atoms with Gasteiger partial charge in [-0.05, 0) is 29.9 Å². The Balaban J connectivity index is 1.70. The molecule has 0 bridgehead atoms. The summed E-state index contributed by atoms with van der Waals surface area (Å²) in [4.78, 5) is 16.4. The number of aromatic nitrogens is 2. The average molecular weight is 283 g/mol. The van der Waals surface area contributed by atoms with E-state index in [9.17, 15) is 4.79 Å². The maximum Gasteiger partial charge on any atom is 0.293 e. The summed E-state index contributed by atoms with van der Waals surface area (Å²) in [6, 6.07) is 8.87. The molecule has 1 aliphatic carbocycles. The first-order valence-electron chi connectivity index (χ1n) is 7.55. The van der Waals surface area contributed by atoms with Gasteiger partial charge >= 0.3 is 0 Å². The molecule has 1 saturated carbocycles. The molecule has 3 rings (SSSR count). The smallest absolute Gasteiger partial charge is 0.293 e. The van der Waals surface area contributed by atoms with Gasteiger partial charge in [0.2, 0.25) is 0 Å². The van der Waals surface area contributed by atoms with Crippen molar-refractivity contribution < 1.29 is 0 Å². The number of rotatable bonds is 5. The molecule has 4 heteroatoms. The fraction of sp³-hybridized carbons (Fsp3) is 0.412. The molecule has 1 aliphatic rings. The summed E-state index contributed by atoms with van der Waals surface area (Å²) in [7, 11) is 0. The summed E-state index contributed by atoms with van der Waals surface area (Å²) < 4.78 is 1.79. The van der Waals surface area contributed by atoms with Crippen molar-refractivity contribution in [2.45, 2.75) is 45.2 Å². The average Bonchev–Trinajstić information content (AvgIpc) is 3.31. The zero-order valence-corrected chi connectivity index (χ0v) is 12.5. The van der Waals surface area contributed by atoms with Crippen LogP contribution >= 0.6 is 0 Å². The molecular formula is C17H21N3O. The summed E-state index contributed by atoms with van der Waals surface area (Å²) in [6.45, 7) is 4.98. The van der Waals surface area contributed by atoms with Crippen molar-refractivity contribution in [2.24, 2.45) is 0 Å². The number of hydrogen-bond acceptors (Lipinski definition) is 3. The van der Waals surface area contributed by atoms with E-state index >= 15 is 0 Å². The molecule has 1 heterocycles. The molecule has 0 radical (unpaired) electrons. The maximum absolute atomic E-state index is 12.3. The molecule has 1 aromatic carbocycles. The highest BCUT2D eigenvalue weighted by Crippen LogP contribution is 2.33. The van der Waals surface area contributed by atoms with Crippen LogP contribution < -0.4 is 10.9 Å². The van der Waals surface area contributed by atoms with Gasteiger partial charge in [0.1, 0.15) is 0 Å². The molecular weight excluding hydrogens is 262 g/mol. The summed E-state index contributed by atoms with van der Waals surface area (Å²) >= 11 is 0. The fourth-order valence-electron chi connectivity index (χ4n) is 2.39. The number of anilines is 1. The maximum atomic E-state index is 12.3. The molecule has 0 aliphatic heterocycles. The van der Waals surface area contributed by atoms with Crippen LogP contribution in [0.2, 0.25) is 0 Å². The van der Waals surface area contributed by atoms with E-state index in [1.54, 1.807) is 17.0 Å². The standard InChI is InChI=1S/C17H21N3O/c1-12(2)14-5-3-13(4-6-14)11-19-16-17(21)20(10-9-18-16)15-7-8-15/h3-6,9-10,12,15H,7-8,11H2,1-2H3,(H,18,19). The van der Waals surface area contributed by atoms with Gasteiger partial charge in [-0.3, -0.25) is 4.79 Å². The Bertz CT molecular complexity index is 669. The number of hydrogen-bond donors (Lipinski definition) is 1. The summed E-state index contributed by atoms with van der Waals surface area (Å²) in [5.74, 6) is 0.978. The Morgan fingerprint density at radius 2 is 2.00 bits per heavy atom.